The SMILES string of the molecule is CCCCN(C)CCC(=O)NCc1ccc(S(=O)(=O)N2CCCC2)cc1. The van der Waals surface area contributed by atoms with Crippen LogP contribution >= 0.6 is 0 Å². The lowest BCUT2D eigenvalue weighted by Gasteiger charge is -2.16. The molecule has 1 saturated heterocycles. The lowest BCUT2D eigenvalue weighted by Crippen LogP contribution is -2.29. The van der Waals surface area contributed by atoms with E-state index in [-0.39, 0.29) is 5.91 Å². The first-order chi connectivity index (χ1) is 12.4. The summed E-state index contributed by atoms with van der Waals surface area (Å²) in [6.07, 6.45) is 4.63. The van der Waals surface area contributed by atoms with Crippen molar-refractivity contribution in [1.29, 1.82) is 0 Å². The maximum Gasteiger partial charge on any atom is 0.243 e. The summed E-state index contributed by atoms with van der Waals surface area (Å²) in [5, 5.41) is 2.90. The average molecular weight is 382 g/mol. The van der Waals surface area contributed by atoms with Gasteiger partial charge in [0.2, 0.25) is 15.9 Å². The fourth-order valence-corrected chi connectivity index (χ4v) is 4.50. The number of carbonyl (C=O) groups excluding carboxylic acids is 1. The number of unbranched alkanes of at least 4 members (excludes halogenated alkanes) is 1. The first-order valence-electron chi connectivity index (χ1n) is 9.48. The van der Waals surface area contributed by atoms with Gasteiger partial charge in [0.05, 0.1) is 4.90 Å². The Balaban J connectivity index is 1.79. The molecular formula is C19H31N3O3S. The minimum absolute atomic E-state index is 0.0158. The predicted molar refractivity (Wildman–Crippen MR) is 103 cm³/mol. The Morgan fingerprint density at radius 1 is 1.15 bits per heavy atom. The van der Waals surface area contributed by atoms with Crippen LogP contribution in [0.3, 0.4) is 0 Å². The normalized spacial score (nSPS) is 15.5. The average Bonchev–Trinajstić information content (AvgIpc) is 3.19. The predicted octanol–water partition coefficient (Wildman–Crippen LogP) is 2.21. The Bertz CT molecular complexity index is 668. The topological polar surface area (TPSA) is 69.7 Å². The summed E-state index contributed by atoms with van der Waals surface area (Å²) >= 11 is 0. The molecule has 7 heteroatoms. The van der Waals surface area contributed by atoms with E-state index in [4.69, 9.17) is 0 Å². The molecule has 0 aromatic heterocycles. The van der Waals surface area contributed by atoms with Crippen molar-refractivity contribution < 1.29 is 13.2 Å². The van der Waals surface area contributed by atoms with Gasteiger partial charge in [-0.2, -0.15) is 4.31 Å². The second-order valence-electron chi connectivity index (χ2n) is 6.94. The van der Waals surface area contributed by atoms with Crippen molar-refractivity contribution in [3.05, 3.63) is 29.8 Å². The highest BCUT2D eigenvalue weighted by Crippen LogP contribution is 2.21. The number of nitrogens with zero attached hydrogens (tertiary/aromatic N) is 2. The van der Waals surface area contributed by atoms with E-state index in [1.165, 1.54) is 0 Å². The second kappa shape index (κ2) is 10.0. The summed E-state index contributed by atoms with van der Waals surface area (Å²) in [5.41, 5.74) is 0.901. The Hall–Kier alpha value is -1.44. The molecule has 6 nitrogen and oxygen atoms in total. The van der Waals surface area contributed by atoms with E-state index in [1.54, 1.807) is 28.6 Å². The molecule has 1 aliphatic rings. The Morgan fingerprint density at radius 3 is 2.42 bits per heavy atom. The first-order valence-corrected chi connectivity index (χ1v) is 10.9. The van der Waals surface area contributed by atoms with Crippen molar-refractivity contribution in [3.63, 3.8) is 0 Å². The third kappa shape index (κ3) is 6.07. The van der Waals surface area contributed by atoms with E-state index < -0.39 is 10.0 Å². The second-order valence-corrected chi connectivity index (χ2v) is 8.88. The van der Waals surface area contributed by atoms with Crippen LogP contribution in [0.25, 0.3) is 0 Å². The maximum atomic E-state index is 12.5. The van der Waals surface area contributed by atoms with E-state index in [9.17, 15) is 13.2 Å². The molecule has 26 heavy (non-hydrogen) atoms. The van der Waals surface area contributed by atoms with E-state index in [0.29, 0.717) is 31.0 Å². The van der Waals surface area contributed by atoms with Gasteiger partial charge < -0.3 is 10.2 Å². The number of hydrogen-bond acceptors (Lipinski definition) is 4. The summed E-state index contributed by atoms with van der Waals surface area (Å²) in [7, 11) is -1.34. The van der Waals surface area contributed by atoms with Crippen molar-refractivity contribution >= 4 is 15.9 Å². The van der Waals surface area contributed by atoms with Gasteiger partial charge in [-0.25, -0.2) is 8.42 Å². The zero-order valence-corrected chi connectivity index (χ0v) is 16.7. The molecule has 1 aliphatic heterocycles. The molecule has 146 valence electrons. The van der Waals surface area contributed by atoms with Gasteiger partial charge in [-0.05, 0) is 50.6 Å². The zero-order chi connectivity index (χ0) is 19.0. The smallest absolute Gasteiger partial charge is 0.243 e. The van der Waals surface area contributed by atoms with Crippen LogP contribution in [0.5, 0.6) is 0 Å². The van der Waals surface area contributed by atoms with Crippen LogP contribution in [-0.2, 0) is 21.4 Å². The molecule has 0 unspecified atom stereocenters. The van der Waals surface area contributed by atoms with Crippen LogP contribution in [0.1, 0.15) is 44.6 Å². The highest BCUT2D eigenvalue weighted by atomic mass is 32.2. The van der Waals surface area contributed by atoms with Gasteiger partial charge >= 0.3 is 0 Å². The molecule has 1 heterocycles. The van der Waals surface area contributed by atoms with Crippen LogP contribution in [0.4, 0.5) is 0 Å². The molecule has 2 rings (SSSR count). The molecule has 0 bridgehead atoms. The van der Waals surface area contributed by atoms with Crippen LogP contribution in [0.2, 0.25) is 0 Å². The maximum absolute atomic E-state index is 12.5. The monoisotopic (exact) mass is 381 g/mol. The molecule has 1 aromatic carbocycles. The number of carbonyl (C=O) groups is 1. The van der Waals surface area contributed by atoms with Gasteiger partial charge in [-0.15, -0.1) is 0 Å². The summed E-state index contributed by atoms with van der Waals surface area (Å²) in [5.74, 6) is 0.0158. The lowest BCUT2D eigenvalue weighted by molar-refractivity contribution is -0.121. The van der Waals surface area contributed by atoms with Gasteiger partial charge in [-0.3, -0.25) is 4.79 Å². The van der Waals surface area contributed by atoms with Crippen molar-refractivity contribution in [2.45, 2.75) is 50.5 Å². The Kier molecular flexibility index (Phi) is 8.06. The third-order valence-electron chi connectivity index (χ3n) is 4.73. The van der Waals surface area contributed by atoms with E-state index >= 15 is 0 Å². The third-order valence-corrected chi connectivity index (χ3v) is 6.64. The van der Waals surface area contributed by atoms with Crippen molar-refractivity contribution in [2.24, 2.45) is 0 Å². The minimum Gasteiger partial charge on any atom is -0.352 e. The number of sulfonamides is 1. The molecule has 1 amide bonds. The molecule has 0 spiro atoms. The van der Waals surface area contributed by atoms with E-state index in [2.05, 4.69) is 17.1 Å². The summed E-state index contributed by atoms with van der Waals surface area (Å²) < 4.78 is 26.5. The molecule has 0 radical (unpaired) electrons. The molecule has 0 aliphatic carbocycles. The Morgan fingerprint density at radius 2 is 1.81 bits per heavy atom. The summed E-state index contributed by atoms with van der Waals surface area (Å²) in [4.78, 5) is 14.4. The molecular weight excluding hydrogens is 350 g/mol. The number of hydrogen-bond donors (Lipinski definition) is 1. The number of amides is 1. The highest BCUT2D eigenvalue weighted by molar-refractivity contribution is 7.89. The van der Waals surface area contributed by atoms with Crippen LogP contribution in [0.15, 0.2) is 29.2 Å². The fraction of sp³-hybridized carbons (Fsp3) is 0.632. The minimum atomic E-state index is -3.37. The molecule has 0 atom stereocenters. The standard InChI is InChI=1S/C19H31N3O3S/c1-3-4-12-21(2)15-11-19(23)20-16-17-7-9-18(10-8-17)26(24,25)22-13-5-6-14-22/h7-10H,3-6,11-16H2,1-2H3,(H,20,23). The van der Waals surface area contributed by atoms with Gasteiger partial charge in [0.15, 0.2) is 0 Å². The van der Waals surface area contributed by atoms with Crippen LogP contribution < -0.4 is 5.32 Å². The number of nitrogens with one attached hydrogen (secondary N) is 1. The van der Waals surface area contributed by atoms with E-state index in [0.717, 1.165) is 44.3 Å². The highest BCUT2D eigenvalue weighted by Gasteiger charge is 2.26. The molecule has 1 aromatic rings. The van der Waals surface area contributed by atoms with Gasteiger partial charge in [0.1, 0.15) is 0 Å². The molecule has 1 N–H and O–H groups in total. The fourth-order valence-electron chi connectivity index (χ4n) is 2.98. The summed E-state index contributed by atoms with van der Waals surface area (Å²) in [6, 6.07) is 6.81. The zero-order valence-electron chi connectivity index (χ0n) is 15.9. The molecule has 1 fully saturated rings. The summed E-state index contributed by atoms with van der Waals surface area (Å²) in [6.45, 7) is 5.54. The van der Waals surface area contributed by atoms with Gasteiger partial charge in [0.25, 0.3) is 0 Å². The largest absolute Gasteiger partial charge is 0.352 e. The van der Waals surface area contributed by atoms with Crippen LogP contribution in [0, 0.1) is 0 Å². The number of benzene rings is 1. The van der Waals surface area contributed by atoms with Crippen molar-refractivity contribution in [1.82, 2.24) is 14.5 Å². The first kappa shape index (κ1) is 20.9. The molecule has 0 saturated carbocycles. The quantitative estimate of drug-likeness (QED) is 0.675. The van der Waals surface area contributed by atoms with Gasteiger partial charge in [-0.1, -0.05) is 25.5 Å². The van der Waals surface area contributed by atoms with Crippen molar-refractivity contribution in [3.8, 4) is 0 Å². The Labute approximate surface area is 157 Å². The number of rotatable bonds is 10. The van der Waals surface area contributed by atoms with Crippen LogP contribution in [-0.4, -0.2) is 56.8 Å². The van der Waals surface area contributed by atoms with Crippen molar-refractivity contribution in [2.75, 3.05) is 33.2 Å². The van der Waals surface area contributed by atoms with Gasteiger partial charge in [0, 0.05) is 32.6 Å². The lowest BCUT2D eigenvalue weighted by atomic mass is 10.2. The van der Waals surface area contributed by atoms with E-state index in [1.807, 2.05) is 7.05 Å².